The summed E-state index contributed by atoms with van der Waals surface area (Å²) in [4.78, 5) is 6.83. The van der Waals surface area contributed by atoms with Crippen molar-refractivity contribution < 1.29 is 9.84 Å². The van der Waals surface area contributed by atoms with Crippen molar-refractivity contribution in [1.82, 2.24) is 10.2 Å². The van der Waals surface area contributed by atoms with E-state index in [9.17, 15) is 5.11 Å². The zero-order valence-electron chi connectivity index (χ0n) is 16.4. The summed E-state index contributed by atoms with van der Waals surface area (Å²) in [6.45, 7) is 3.92. The lowest BCUT2D eigenvalue weighted by Crippen LogP contribution is -2.40. The molecule has 2 aromatic rings. The Morgan fingerprint density at radius 2 is 1.96 bits per heavy atom. The molecule has 0 heterocycles. The van der Waals surface area contributed by atoms with E-state index in [1.54, 1.807) is 7.11 Å². The number of ether oxygens (including phenoxy) is 1. The Kier molecular flexibility index (Phi) is 6.01. The number of aliphatic hydroxyl groups is 1. The molecule has 0 fully saturated rings. The van der Waals surface area contributed by atoms with Crippen molar-refractivity contribution in [1.29, 1.82) is 0 Å². The van der Waals surface area contributed by atoms with E-state index in [1.807, 2.05) is 37.4 Å². The molecule has 5 nitrogen and oxygen atoms in total. The van der Waals surface area contributed by atoms with Gasteiger partial charge in [0.25, 0.3) is 0 Å². The molecule has 3 rings (SSSR count). The van der Waals surface area contributed by atoms with Crippen LogP contribution in [0.3, 0.4) is 0 Å². The van der Waals surface area contributed by atoms with Crippen LogP contribution >= 0.6 is 0 Å². The molecule has 1 aliphatic rings. The molecule has 0 aliphatic heterocycles. The van der Waals surface area contributed by atoms with Gasteiger partial charge >= 0.3 is 0 Å². The van der Waals surface area contributed by atoms with E-state index in [2.05, 4.69) is 35.3 Å². The highest BCUT2D eigenvalue weighted by molar-refractivity contribution is 5.79. The smallest absolute Gasteiger partial charge is 0.194 e. The summed E-state index contributed by atoms with van der Waals surface area (Å²) in [5.74, 6) is 1.65. The van der Waals surface area contributed by atoms with Crippen molar-refractivity contribution >= 4 is 5.96 Å². The van der Waals surface area contributed by atoms with Crippen LogP contribution in [0.4, 0.5) is 0 Å². The number of aliphatic imine (C=N–C) groups is 1. The van der Waals surface area contributed by atoms with E-state index in [0.717, 1.165) is 43.2 Å². The minimum absolute atomic E-state index is 0.360. The summed E-state index contributed by atoms with van der Waals surface area (Å²) in [6, 6.07) is 16.2. The van der Waals surface area contributed by atoms with Crippen LogP contribution in [0.1, 0.15) is 30.0 Å². The van der Waals surface area contributed by atoms with Gasteiger partial charge in [-0.15, -0.1) is 0 Å². The molecule has 0 saturated carbocycles. The first kappa shape index (κ1) is 19.2. The monoisotopic (exact) mass is 367 g/mol. The van der Waals surface area contributed by atoms with E-state index >= 15 is 0 Å². The van der Waals surface area contributed by atoms with E-state index in [0.29, 0.717) is 6.54 Å². The predicted molar refractivity (Wildman–Crippen MR) is 109 cm³/mol. The lowest BCUT2D eigenvalue weighted by atomic mass is 9.96. The third-order valence-corrected chi connectivity index (χ3v) is 5.09. The van der Waals surface area contributed by atoms with Crippen LogP contribution in [0.2, 0.25) is 0 Å². The summed E-state index contributed by atoms with van der Waals surface area (Å²) < 4.78 is 5.22. The third-order valence-electron chi connectivity index (χ3n) is 5.09. The molecule has 27 heavy (non-hydrogen) atoms. The number of aryl methyl sites for hydroxylation is 1. The molecule has 2 N–H and O–H groups in total. The number of hydrogen-bond donors (Lipinski definition) is 2. The largest absolute Gasteiger partial charge is 0.497 e. The van der Waals surface area contributed by atoms with Crippen LogP contribution in [-0.2, 0) is 18.6 Å². The average molecular weight is 367 g/mol. The highest BCUT2D eigenvalue weighted by Crippen LogP contribution is 2.36. The molecule has 144 valence electrons. The fourth-order valence-electron chi connectivity index (χ4n) is 3.59. The second-order valence-corrected chi connectivity index (χ2v) is 7.06. The van der Waals surface area contributed by atoms with Crippen molar-refractivity contribution in [3.63, 3.8) is 0 Å². The van der Waals surface area contributed by atoms with Gasteiger partial charge in [0.1, 0.15) is 11.4 Å². The van der Waals surface area contributed by atoms with Gasteiger partial charge in [-0.3, -0.25) is 0 Å². The minimum atomic E-state index is -0.877. The summed E-state index contributed by atoms with van der Waals surface area (Å²) in [5.41, 5.74) is 2.54. The molecule has 5 heteroatoms. The van der Waals surface area contributed by atoms with Crippen LogP contribution in [0, 0.1) is 0 Å². The Morgan fingerprint density at radius 1 is 1.22 bits per heavy atom. The minimum Gasteiger partial charge on any atom is -0.497 e. The maximum Gasteiger partial charge on any atom is 0.194 e. The number of nitrogens with one attached hydrogen (secondary N) is 1. The first-order valence-electron chi connectivity index (χ1n) is 9.49. The number of fused-ring (bicyclic) bond motifs is 1. The summed E-state index contributed by atoms with van der Waals surface area (Å²) in [7, 11) is 3.68. The quantitative estimate of drug-likeness (QED) is 0.609. The molecule has 0 aromatic heterocycles. The molecule has 0 spiro atoms. The van der Waals surface area contributed by atoms with Crippen LogP contribution in [-0.4, -0.2) is 43.2 Å². The first-order chi connectivity index (χ1) is 13.1. The maximum absolute atomic E-state index is 11.1. The third kappa shape index (κ3) is 4.42. The Balaban J connectivity index is 1.72. The number of rotatable bonds is 6. The van der Waals surface area contributed by atoms with E-state index in [1.165, 1.54) is 11.1 Å². The van der Waals surface area contributed by atoms with Crippen molar-refractivity contribution in [2.45, 2.75) is 31.9 Å². The Morgan fingerprint density at radius 3 is 2.67 bits per heavy atom. The highest BCUT2D eigenvalue weighted by atomic mass is 16.5. The molecule has 1 atom stereocenters. The fourth-order valence-corrected chi connectivity index (χ4v) is 3.59. The van der Waals surface area contributed by atoms with Crippen LogP contribution < -0.4 is 10.1 Å². The lowest BCUT2D eigenvalue weighted by Gasteiger charge is -2.26. The average Bonchev–Trinajstić information content (AvgIpc) is 3.03. The number of guanidine groups is 1. The Bertz CT molecular complexity index is 788. The molecule has 0 bridgehead atoms. The normalized spacial score (nSPS) is 18.9. The van der Waals surface area contributed by atoms with E-state index in [4.69, 9.17) is 9.73 Å². The standard InChI is InChI=1S/C22H29N3O2/c1-4-23-21(25(2)15-17-9-11-19(27-3)12-10-17)24-16-22(26)14-13-18-7-5-6-8-20(18)22/h5-12,26H,4,13-16H2,1-3H3,(H,23,24). The summed E-state index contributed by atoms with van der Waals surface area (Å²) in [5, 5.41) is 14.5. The second-order valence-electron chi connectivity index (χ2n) is 7.06. The predicted octanol–water partition coefficient (Wildman–Crippen LogP) is 2.93. The number of methoxy groups -OCH3 is 1. The molecular weight excluding hydrogens is 338 g/mol. The SMILES string of the molecule is CCNC(=NCC1(O)CCc2ccccc21)N(C)Cc1ccc(OC)cc1. The maximum atomic E-state index is 11.1. The molecule has 0 amide bonds. The van der Waals surface area contributed by atoms with Gasteiger partial charge in [0.2, 0.25) is 0 Å². The topological polar surface area (TPSA) is 57.1 Å². The van der Waals surface area contributed by atoms with Crippen LogP contribution in [0.5, 0.6) is 5.75 Å². The van der Waals surface area contributed by atoms with Gasteiger partial charge in [-0.25, -0.2) is 4.99 Å². The van der Waals surface area contributed by atoms with Crippen LogP contribution in [0.15, 0.2) is 53.5 Å². The van der Waals surface area contributed by atoms with E-state index < -0.39 is 5.60 Å². The molecule has 0 saturated heterocycles. The Labute approximate surface area is 161 Å². The van der Waals surface area contributed by atoms with Crippen LogP contribution in [0.25, 0.3) is 0 Å². The van der Waals surface area contributed by atoms with Gasteiger partial charge < -0.3 is 20.1 Å². The number of nitrogens with zero attached hydrogens (tertiary/aromatic N) is 2. The highest BCUT2D eigenvalue weighted by Gasteiger charge is 2.36. The molecule has 0 radical (unpaired) electrons. The molecular formula is C22H29N3O2. The zero-order chi connectivity index (χ0) is 19.3. The van der Waals surface area contributed by atoms with Crippen molar-refractivity contribution in [3.05, 3.63) is 65.2 Å². The van der Waals surface area contributed by atoms with Gasteiger partial charge in [0.15, 0.2) is 5.96 Å². The van der Waals surface area contributed by atoms with Crippen molar-refractivity contribution in [3.8, 4) is 5.75 Å². The zero-order valence-corrected chi connectivity index (χ0v) is 16.4. The van der Waals surface area contributed by atoms with Gasteiger partial charge in [-0.1, -0.05) is 36.4 Å². The number of benzene rings is 2. The second kappa shape index (κ2) is 8.44. The van der Waals surface area contributed by atoms with E-state index in [-0.39, 0.29) is 0 Å². The van der Waals surface area contributed by atoms with Gasteiger partial charge in [0, 0.05) is 20.1 Å². The summed E-state index contributed by atoms with van der Waals surface area (Å²) in [6.07, 6.45) is 1.62. The molecule has 1 aliphatic carbocycles. The Hall–Kier alpha value is -2.53. The van der Waals surface area contributed by atoms with Gasteiger partial charge in [-0.05, 0) is 48.6 Å². The molecule has 1 unspecified atom stereocenters. The lowest BCUT2D eigenvalue weighted by molar-refractivity contribution is 0.0483. The number of hydrogen-bond acceptors (Lipinski definition) is 3. The van der Waals surface area contributed by atoms with Crippen molar-refractivity contribution in [2.75, 3.05) is 27.2 Å². The first-order valence-corrected chi connectivity index (χ1v) is 9.49. The summed E-state index contributed by atoms with van der Waals surface area (Å²) >= 11 is 0. The van der Waals surface area contributed by atoms with Gasteiger partial charge in [0.05, 0.1) is 13.7 Å². The van der Waals surface area contributed by atoms with Gasteiger partial charge in [-0.2, -0.15) is 0 Å². The fraction of sp³-hybridized carbons (Fsp3) is 0.409. The molecule has 2 aromatic carbocycles. The van der Waals surface area contributed by atoms with Crippen molar-refractivity contribution in [2.24, 2.45) is 4.99 Å².